The summed E-state index contributed by atoms with van der Waals surface area (Å²) in [5.74, 6) is 1.90. The molecule has 3 aromatic rings. The fraction of sp³-hybridized carbons (Fsp3) is 0.308. The van der Waals surface area contributed by atoms with Crippen molar-refractivity contribution in [1.29, 1.82) is 0 Å². The van der Waals surface area contributed by atoms with E-state index in [2.05, 4.69) is 0 Å². The Labute approximate surface area is 235 Å². The molecule has 0 aromatic heterocycles. The van der Waals surface area contributed by atoms with Crippen molar-refractivity contribution >= 4 is 36.9 Å². The predicted octanol–water partition coefficient (Wildman–Crippen LogP) is 7.15. The van der Waals surface area contributed by atoms with Gasteiger partial charge in [0, 0.05) is 68.0 Å². The van der Waals surface area contributed by atoms with Gasteiger partial charge in [-0.1, -0.05) is 45.9 Å². The Morgan fingerprint density at radius 2 is 0.842 bits per heavy atom. The zero-order valence-corrected chi connectivity index (χ0v) is 25.3. The second kappa shape index (κ2) is 13.7. The van der Waals surface area contributed by atoms with Crippen molar-refractivity contribution in [2.24, 2.45) is 0 Å². The van der Waals surface area contributed by atoms with Gasteiger partial charge in [-0.3, -0.25) is 0 Å². The van der Waals surface area contributed by atoms with Crippen LogP contribution in [0.3, 0.4) is 0 Å². The molecule has 0 heterocycles. The van der Waals surface area contributed by atoms with Gasteiger partial charge in [0.2, 0.25) is 0 Å². The Balaban J connectivity index is 1.92. The highest BCUT2D eigenvalue weighted by atomic mass is 32.5. The van der Waals surface area contributed by atoms with Crippen LogP contribution in [-0.2, 0) is 23.6 Å². The summed E-state index contributed by atoms with van der Waals surface area (Å²) in [5, 5.41) is 19.8. The lowest BCUT2D eigenvalue weighted by atomic mass is 10.3. The van der Waals surface area contributed by atoms with Gasteiger partial charge >= 0.3 is 13.3 Å². The lowest BCUT2D eigenvalue weighted by Gasteiger charge is -2.33. The van der Waals surface area contributed by atoms with Crippen LogP contribution in [0, 0.1) is 0 Å². The highest BCUT2D eigenvalue weighted by Gasteiger charge is 2.32. The molecule has 2 N–H and O–H groups in total. The van der Waals surface area contributed by atoms with Crippen LogP contribution in [-0.4, -0.2) is 45.7 Å². The van der Waals surface area contributed by atoms with E-state index in [1.807, 2.05) is 37.0 Å². The maximum atomic E-state index is 9.89. The highest BCUT2D eigenvalue weighted by molar-refractivity contribution is 8.09. The van der Waals surface area contributed by atoms with Crippen LogP contribution in [0.15, 0.2) is 72.8 Å². The van der Waals surface area contributed by atoms with E-state index < -0.39 is 13.3 Å². The standard InChI is InChI=1S/C26H34N2O6P2S2/c1-5-27(6-2)35(37,31-23-14-9-12-21(29)18-23)33-25-16-11-17-26(20-25)34-36(38,28(7-3)8-4)32-24-15-10-13-22(30)19-24/h9-20,29-30H,5-8H2,1-4H3. The minimum Gasteiger partial charge on any atom is -0.508 e. The second-order valence-electron chi connectivity index (χ2n) is 8.05. The van der Waals surface area contributed by atoms with Crippen LogP contribution < -0.4 is 18.1 Å². The van der Waals surface area contributed by atoms with Crippen LogP contribution >= 0.6 is 13.3 Å². The quantitative estimate of drug-likeness (QED) is 0.187. The third-order valence-electron chi connectivity index (χ3n) is 5.48. The van der Waals surface area contributed by atoms with Crippen molar-refractivity contribution in [2.75, 3.05) is 26.2 Å². The molecular weight excluding hydrogens is 562 g/mol. The zero-order chi connectivity index (χ0) is 27.8. The van der Waals surface area contributed by atoms with Gasteiger partial charge in [-0.05, 0) is 36.4 Å². The molecule has 0 aliphatic heterocycles. The number of benzene rings is 3. The normalized spacial score (nSPS) is 14.5. The van der Waals surface area contributed by atoms with E-state index >= 15 is 0 Å². The molecule has 0 aliphatic carbocycles. The van der Waals surface area contributed by atoms with E-state index in [0.717, 1.165) is 0 Å². The SMILES string of the molecule is CCN(CC)P(=S)(Oc1cccc(O)c1)Oc1cccc(OP(=S)(Oc2cccc(O)c2)N(CC)CC)c1. The van der Waals surface area contributed by atoms with Gasteiger partial charge in [0.05, 0.1) is 0 Å². The zero-order valence-electron chi connectivity index (χ0n) is 21.9. The molecule has 3 rings (SSSR count). The Morgan fingerprint density at radius 3 is 1.13 bits per heavy atom. The number of aromatic hydroxyl groups is 2. The molecule has 206 valence electrons. The summed E-state index contributed by atoms with van der Waals surface area (Å²) >= 11 is 11.9. The van der Waals surface area contributed by atoms with E-state index in [4.69, 9.17) is 41.7 Å². The Kier molecular flexibility index (Phi) is 10.9. The number of phenols is 2. The van der Waals surface area contributed by atoms with Gasteiger partial charge in [0.25, 0.3) is 0 Å². The van der Waals surface area contributed by atoms with E-state index in [1.165, 1.54) is 12.1 Å². The Hall–Kier alpha value is -2.32. The lowest BCUT2D eigenvalue weighted by Crippen LogP contribution is -2.25. The smallest absolute Gasteiger partial charge is 0.367 e. The average Bonchev–Trinajstić information content (AvgIpc) is 2.85. The molecule has 0 aliphatic rings. The molecule has 0 radical (unpaired) electrons. The van der Waals surface area contributed by atoms with Crippen molar-refractivity contribution in [3.8, 4) is 34.5 Å². The molecule has 0 saturated heterocycles. The van der Waals surface area contributed by atoms with Crippen LogP contribution in [0.1, 0.15) is 27.7 Å². The molecule has 8 nitrogen and oxygen atoms in total. The highest BCUT2D eigenvalue weighted by Crippen LogP contribution is 2.55. The van der Waals surface area contributed by atoms with E-state index in [9.17, 15) is 10.2 Å². The van der Waals surface area contributed by atoms with Gasteiger partial charge in [0.15, 0.2) is 0 Å². The van der Waals surface area contributed by atoms with Crippen LogP contribution in [0.4, 0.5) is 0 Å². The summed E-state index contributed by atoms with van der Waals surface area (Å²) in [6, 6.07) is 20.0. The molecule has 0 spiro atoms. The van der Waals surface area contributed by atoms with Crippen molar-refractivity contribution < 1.29 is 28.3 Å². The van der Waals surface area contributed by atoms with Gasteiger partial charge in [-0.2, -0.15) is 0 Å². The first-order valence-corrected chi connectivity index (χ1v) is 17.5. The van der Waals surface area contributed by atoms with Gasteiger partial charge in [0.1, 0.15) is 34.5 Å². The summed E-state index contributed by atoms with van der Waals surface area (Å²) in [6.45, 7) is 4.31. The monoisotopic (exact) mass is 596 g/mol. The van der Waals surface area contributed by atoms with Gasteiger partial charge in [-0.25, -0.2) is 9.34 Å². The summed E-state index contributed by atoms with van der Waals surface area (Å²) < 4.78 is 29.0. The molecule has 2 atom stereocenters. The fourth-order valence-corrected chi connectivity index (χ4v) is 9.47. The third kappa shape index (κ3) is 7.85. The summed E-state index contributed by atoms with van der Waals surface area (Å²) in [6.07, 6.45) is 0. The molecule has 0 amide bonds. The van der Waals surface area contributed by atoms with E-state index in [0.29, 0.717) is 49.2 Å². The van der Waals surface area contributed by atoms with Crippen LogP contribution in [0.2, 0.25) is 0 Å². The molecule has 0 saturated carbocycles. The van der Waals surface area contributed by atoms with Crippen molar-refractivity contribution in [1.82, 2.24) is 9.34 Å². The molecular formula is C26H34N2O6P2S2. The number of nitrogens with zero attached hydrogens (tertiary/aromatic N) is 2. The molecule has 0 bridgehead atoms. The van der Waals surface area contributed by atoms with E-state index in [1.54, 1.807) is 60.7 Å². The van der Waals surface area contributed by atoms with Crippen molar-refractivity contribution in [2.45, 2.75) is 27.7 Å². The topological polar surface area (TPSA) is 83.9 Å². The van der Waals surface area contributed by atoms with Crippen LogP contribution in [0.5, 0.6) is 34.5 Å². The number of hydrogen-bond acceptors (Lipinski definition) is 8. The van der Waals surface area contributed by atoms with Gasteiger partial charge in [-0.15, -0.1) is 0 Å². The first kappa shape index (κ1) is 30.2. The summed E-state index contributed by atoms with van der Waals surface area (Å²) in [5.41, 5.74) is 0. The van der Waals surface area contributed by atoms with E-state index in [-0.39, 0.29) is 11.5 Å². The number of hydrogen-bond donors (Lipinski definition) is 2. The molecule has 38 heavy (non-hydrogen) atoms. The minimum atomic E-state index is -3.04. The van der Waals surface area contributed by atoms with Crippen molar-refractivity contribution in [3.63, 3.8) is 0 Å². The number of rotatable bonds is 14. The Morgan fingerprint density at radius 1 is 0.553 bits per heavy atom. The largest absolute Gasteiger partial charge is 0.508 e. The second-order valence-corrected chi connectivity index (χ2v) is 14.6. The van der Waals surface area contributed by atoms with Gasteiger partial charge < -0.3 is 28.3 Å². The fourth-order valence-electron chi connectivity index (χ4n) is 3.61. The predicted molar refractivity (Wildman–Crippen MR) is 160 cm³/mol. The maximum absolute atomic E-state index is 9.89. The maximum Gasteiger partial charge on any atom is 0.367 e. The number of phenolic OH excluding ortho intramolecular Hbond substituents is 2. The Bertz CT molecular complexity index is 1210. The third-order valence-corrected chi connectivity index (χ3v) is 12.0. The summed E-state index contributed by atoms with van der Waals surface area (Å²) in [7, 11) is 0. The molecule has 12 heteroatoms. The lowest BCUT2D eigenvalue weighted by molar-refractivity contribution is 0.362. The molecule has 2 unspecified atom stereocenters. The summed E-state index contributed by atoms with van der Waals surface area (Å²) in [4.78, 5) is 0. The average molecular weight is 597 g/mol. The first-order valence-electron chi connectivity index (χ1n) is 12.3. The first-order chi connectivity index (χ1) is 18.1. The minimum absolute atomic E-state index is 0.0767. The molecule has 0 fully saturated rings. The van der Waals surface area contributed by atoms with Crippen LogP contribution in [0.25, 0.3) is 0 Å². The molecule has 3 aromatic carbocycles. The van der Waals surface area contributed by atoms with Crippen molar-refractivity contribution in [3.05, 3.63) is 72.8 Å².